The van der Waals surface area contributed by atoms with E-state index in [1.165, 1.54) is 12.8 Å². The molecule has 1 N–H and O–H groups in total. The van der Waals surface area contributed by atoms with Gasteiger partial charge >= 0.3 is 0 Å². The molecule has 4 heteroatoms. The van der Waals surface area contributed by atoms with Crippen LogP contribution in [0, 0.1) is 0 Å². The lowest BCUT2D eigenvalue weighted by atomic mass is 10.4. The van der Waals surface area contributed by atoms with E-state index in [9.17, 15) is 0 Å². The molecule has 64 valence electrons. The summed E-state index contributed by atoms with van der Waals surface area (Å²) in [5.41, 5.74) is 0. The van der Waals surface area contributed by atoms with E-state index >= 15 is 0 Å². The number of carboxylic acid groups (broad SMARTS) is 1. The smallest absolute Gasteiger partial charge is 0.290 e. The Kier molecular flexibility index (Phi) is 3.19. The van der Waals surface area contributed by atoms with Gasteiger partial charge in [0.25, 0.3) is 6.47 Å². The van der Waals surface area contributed by atoms with Gasteiger partial charge in [-0.3, -0.25) is 4.79 Å². The Hall–Kier alpha value is -1.45. The third kappa shape index (κ3) is 2.65. The molecule has 12 heavy (non-hydrogen) atoms. The predicted molar refractivity (Wildman–Crippen MR) is 42.7 cm³/mol. The number of aromatic nitrogens is 2. The molecule has 0 radical (unpaired) electrons. The monoisotopic (exact) mass is 166 g/mol. The molecule has 1 aromatic rings. The normalized spacial score (nSPS) is 14.3. The van der Waals surface area contributed by atoms with Gasteiger partial charge in [-0.15, -0.1) is 0 Å². The van der Waals surface area contributed by atoms with Gasteiger partial charge in [0.05, 0.1) is 0 Å². The van der Waals surface area contributed by atoms with Crippen molar-refractivity contribution < 1.29 is 9.90 Å². The zero-order valence-electron chi connectivity index (χ0n) is 6.55. The molecule has 1 fully saturated rings. The summed E-state index contributed by atoms with van der Waals surface area (Å²) < 4.78 is 0. The minimum absolute atomic E-state index is 0.250. The Labute approximate surface area is 70.3 Å². The zero-order valence-corrected chi connectivity index (χ0v) is 6.55. The second-order valence-corrected chi connectivity index (χ2v) is 2.49. The van der Waals surface area contributed by atoms with Gasteiger partial charge in [0.15, 0.2) is 0 Å². The van der Waals surface area contributed by atoms with Crippen molar-refractivity contribution in [2.75, 3.05) is 0 Å². The lowest BCUT2D eigenvalue weighted by Gasteiger charge is -1.90. The van der Waals surface area contributed by atoms with E-state index < -0.39 is 0 Å². The third-order valence-electron chi connectivity index (χ3n) is 1.53. The quantitative estimate of drug-likeness (QED) is 0.633. The summed E-state index contributed by atoms with van der Waals surface area (Å²) in [5, 5.41) is 6.89. The first kappa shape index (κ1) is 8.64. The molecular formula is C8H10N2O2. The molecule has 0 bridgehead atoms. The summed E-state index contributed by atoms with van der Waals surface area (Å²) in [6.07, 6.45) is 6.18. The molecule has 0 spiro atoms. The van der Waals surface area contributed by atoms with Crippen LogP contribution in [0.1, 0.15) is 24.6 Å². The highest BCUT2D eigenvalue weighted by Gasteiger charge is 2.25. The molecule has 1 saturated carbocycles. The van der Waals surface area contributed by atoms with Crippen molar-refractivity contribution in [3.8, 4) is 0 Å². The highest BCUT2D eigenvalue weighted by molar-refractivity contribution is 5.32. The summed E-state index contributed by atoms with van der Waals surface area (Å²) in [4.78, 5) is 16.6. The first-order valence-electron chi connectivity index (χ1n) is 3.73. The summed E-state index contributed by atoms with van der Waals surface area (Å²) in [6, 6.07) is 1.85. The molecule has 0 aromatic carbocycles. The van der Waals surface area contributed by atoms with Crippen molar-refractivity contribution in [3.05, 3.63) is 24.3 Å². The predicted octanol–water partition coefficient (Wildman–Crippen LogP) is 1.05. The molecule has 0 atom stereocenters. The van der Waals surface area contributed by atoms with Crippen LogP contribution in [0.15, 0.2) is 18.5 Å². The van der Waals surface area contributed by atoms with E-state index in [2.05, 4.69) is 9.97 Å². The minimum Gasteiger partial charge on any atom is -0.483 e. The summed E-state index contributed by atoms with van der Waals surface area (Å²) >= 11 is 0. The fraction of sp³-hybridized carbons (Fsp3) is 0.375. The first-order valence-corrected chi connectivity index (χ1v) is 3.73. The van der Waals surface area contributed by atoms with Crippen molar-refractivity contribution in [2.45, 2.75) is 18.8 Å². The summed E-state index contributed by atoms with van der Waals surface area (Å²) in [6.45, 7) is -0.250. The van der Waals surface area contributed by atoms with Crippen LogP contribution in [0.3, 0.4) is 0 Å². The molecule has 0 aliphatic heterocycles. The van der Waals surface area contributed by atoms with Crippen molar-refractivity contribution in [3.63, 3.8) is 0 Å². The van der Waals surface area contributed by atoms with E-state index in [-0.39, 0.29) is 6.47 Å². The largest absolute Gasteiger partial charge is 0.483 e. The molecule has 1 heterocycles. The van der Waals surface area contributed by atoms with E-state index in [4.69, 9.17) is 9.90 Å². The van der Waals surface area contributed by atoms with Gasteiger partial charge < -0.3 is 5.11 Å². The van der Waals surface area contributed by atoms with Gasteiger partial charge in [-0.05, 0) is 18.9 Å². The topological polar surface area (TPSA) is 63.1 Å². The van der Waals surface area contributed by atoms with Crippen molar-refractivity contribution in [2.24, 2.45) is 0 Å². The van der Waals surface area contributed by atoms with Crippen molar-refractivity contribution >= 4 is 6.47 Å². The molecule has 4 nitrogen and oxygen atoms in total. The molecule has 0 saturated heterocycles. The van der Waals surface area contributed by atoms with Crippen molar-refractivity contribution in [1.29, 1.82) is 0 Å². The van der Waals surface area contributed by atoms with Crippen LogP contribution in [0.25, 0.3) is 0 Å². The molecule has 0 unspecified atom stereocenters. The van der Waals surface area contributed by atoms with Gasteiger partial charge in [-0.1, -0.05) is 0 Å². The Morgan fingerprint density at radius 2 is 1.92 bits per heavy atom. The van der Waals surface area contributed by atoms with Gasteiger partial charge in [-0.2, -0.15) is 0 Å². The van der Waals surface area contributed by atoms with Crippen LogP contribution < -0.4 is 0 Å². The maximum atomic E-state index is 8.36. The molecule has 1 aliphatic rings. The Balaban J connectivity index is 0.000000213. The molecule has 2 rings (SSSR count). The average Bonchev–Trinajstić information content (AvgIpc) is 2.90. The van der Waals surface area contributed by atoms with E-state index in [0.717, 1.165) is 5.82 Å². The number of nitrogens with zero attached hydrogens (tertiary/aromatic N) is 2. The maximum absolute atomic E-state index is 8.36. The second-order valence-electron chi connectivity index (χ2n) is 2.49. The highest BCUT2D eigenvalue weighted by Crippen LogP contribution is 2.37. The molecular weight excluding hydrogens is 156 g/mol. The number of carbonyl (C=O) groups is 1. The minimum atomic E-state index is -0.250. The highest BCUT2D eigenvalue weighted by atomic mass is 16.3. The SMILES string of the molecule is O=CO.c1cnc(C2CC2)nc1. The first-order chi connectivity index (χ1) is 5.88. The Bertz CT molecular complexity index is 234. The van der Waals surface area contributed by atoms with Crippen LogP contribution in [-0.2, 0) is 4.79 Å². The van der Waals surface area contributed by atoms with Crippen LogP contribution in [0.4, 0.5) is 0 Å². The number of hydrogen-bond acceptors (Lipinski definition) is 3. The average molecular weight is 166 g/mol. The summed E-state index contributed by atoms with van der Waals surface area (Å²) in [5.74, 6) is 1.71. The zero-order chi connectivity index (χ0) is 8.81. The molecule has 1 aromatic heterocycles. The Morgan fingerprint density at radius 3 is 2.33 bits per heavy atom. The second kappa shape index (κ2) is 4.43. The Morgan fingerprint density at radius 1 is 1.42 bits per heavy atom. The van der Waals surface area contributed by atoms with Crippen LogP contribution >= 0.6 is 0 Å². The number of hydrogen-bond donors (Lipinski definition) is 1. The maximum Gasteiger partial charge on any atom is 0.290 e. The lowest BCUT2D eigenvalue weighted by Crippen LogP contribution is -1.87. The van der Waals surface area contributed by atoms with E-state index in [1.54, 1.807) is 12.4 Å². The number of rotatable bonds is 1. The lowest BCUT2D eigenvalue weighted by molar-refractivity contribution is -0.122. The van der Waals surface area contributed by atoms with Crippen LogP contribution in [-0.4, -0.2) is 21.5 Å². The van der Waals surface area contributed by atoms with Gasteiger partial charge in [0.1, 0.15) is 5.82 Å². The molecule has 0 amide bonds. The van der Waals surface area contributed by atoms with Gasteiger partial charge in [-0.25, -0.2) is 9.97 Å². The fourth-order valence-electron chi connectivity index (χ4n) is 0.863. The standard InChI is InChI=1S/C7H8N2.CH2O2/c1-4-8-7(9-5-1)6-2-3-6;2-1-3/h1,4-6H,2-3H2;1H,(H,2,3). The van der Waals surface area contributed by atoms with Crippen molar-refractivity contribution in [1.82, 2.24) is 9.97 Å². The fourth-order valence-corrected chi connectivity index (χ4v) is 0.863. The summed E-state index contributed by atoms with van der Waals surface area (Å²) in [7, 11) is 0. The van der Waals surface area contributed by atoms with Crippen LogP contribution in [0.2, 0.25) is 0 Å². The van der Waals surface area contributed by atoms with Gasteiger partial charge in [0.2, 0.25) is 0 Å². The van der Waals surface area contributed by atoms with E-state index in [0.29, 0.717) is 5.92 Å². The molecule has 1 aliphatic carbocycles. The third-order valence-corrected chi connectivity index (χ3v) is 1.53. The van der Waals surface area contributed by atoms with Gasteiger partial charge in [0, 0.05) is 18.3 Å². The van der Waals surface area contributed by atoms with E-state index in [1.807, 2.05) is 6.07 Å². The van der Waals surface area contributed by atoms with Crippen LogP contribution in [0.5, 0.6) is 0 Å².